The summed E-state index contributed by atoms with van der Waals surface area (Å²) >= 11 is 0. The van der Waals surface area contributed by atoms with Gasteiger partial charge in [-0.05, 0) is 58.6 Å². The van der Waals surface area contributed by atoms with E-state index in [4.69, 9.17) is 9.47 Å². The summed E-state index contributed by atoms with van der Waals surface area (Å²) in [5.74, 6) is 0.909. The number of para-hydroxylation sites is 1. The van der Waals surface area contributed by atoms with E-state index < -0.39 is 5.60 Å². The quantitative estimate of drug-likeness (QED) is 0.769. The lowest BCUT2D eigenvalue weighted by atomic mass is 10.1. The third-order valence-corrected chi connectivity index (χ3v) is 4.41. The van der Waals surface area contributed by atoms with Crippen LogP contribution < -0.4 is 10.1 Å². The zero-order chi connectivity index (χ0) is 19.9. The molecule has 0 radical (unpaired) electrons. The molecule has 1 aliphatic rings. The van der Waals surface area contributed by atoms with Gasteiger partial charge in [-0.2, -0.15) is 0 Å². The number of benzene rings is 1. The van der Waals surface area contributed by atoms with Gasteiger partial charge in [-0.3, -0.25) is 4.79 Å². The van der Waals surface area contributed by atoms with Crippen LogP contribution in [0, 0.1) is 6.92 Å². The van der Waals surface area contributed by atoms with Crippen LogP contribution in [-0.4, -0.2) is 48.2 Å². The third kappa shape index (κ3) is 7.49. The van der Waals surface area contributed by atoms with E-state index >= 15 is 0 Å². The van der Waals surface area contributed by atoms with Crippen LogP contribution in [0.3, 0.4) is 0 Å². The van der Waals surface area contributed by atoms with Crippen LogP contribution in [0.1, 0.15) is 52.0 Å². The zero-order valence-corrected chi connectivity index (χ0v) is 16.9. The van der Waals surface area contributed by atoms with Crippen molar-refractivity contribution in [2.24, 2.45) is 0 Å². The molecule has 1 saturated heterocycles. The molecule has 0 atom stereocenters. The van der Waals surface area contributed by atoms with Crippen LogP contribution >= 0.6 is 0 Å². The van der Waals surface area contributed by atoms with Gasteiger partial charge in [-0.15, -0.1) is 0 Å². The number of ether oxygens (including phenoxy) is 2. The topological polar surface area (TPSA) is 67.9 Å². The second-order valence-corrected chi connectivity index (χ2v) is 8.03. The largest absolute Gasteiger partial charge is 0.493 e. The Labute approximate surface area is 162 Å². The highest BCUT2D eigenvalue weighted by Gasteiger charge is 2.27. The van der Waals surface area contributed by atoms with Crippen LogP contribution in [0.4, 0.5) is 4.79 Å². The molecule has 0 spiro atoms. The number of carbonyl (C=O) groups is 2. The van der Waals surface area contributed by atoms with Crippen LogP contribution in [0.5, 0.6) is 5.75 Å². The van der Waals surface area contributed by atoms with Crippen LogP contribution in [0.15, 0.2) is 24.3 Å². The van der Waals surface area contributed by atoms with E-state index in [1.807, 2.05) is 52.0 Å². The second-order valence-electron chi connectivity index (χ2n) is 8.03. The molecular weight excluding hydrogens is 344 g/mol. The number of nitrogens with one attached hydrogen (secondary N) is 1. The molecule has 0 aliphatic carbocycles. The maximum Gasteiger partial charge on any atom is 0.410 e. The normalized spacial score (nSPS) is 15.3. The van der Waals surface area contributed by atoms with Crippen molar-refractivity contribution in [2.45, 2.75) is 65.0 Å². The van der Waals surface area contributed by atoms with Crippen molar-refractivity contribution in [3.05, 3.63) is 29.8 Å². The van der Waals surface area contributed by atoms with E-state index in [2.05, 4.69) is 5.32 Å². The van der Waals surface area contributed by atoms with Gasteiger partial charge in [0.1, 0.15) is 11.4 Å². The van der Waals surface area contributed by atoms with E-state index in [0.717, 1.165) is 24.2 Å². The Balaban J connectivity index is 1.62. The average molecular weight is 376 g/mol. The summed E-state index contributed by atoms with van der Waals surface area (Å²) in [6, 6.07) is 7.98. The number of amides is 2. The van der Waals surface area contributed by atoms with Gasteiger partial charge in [-0.25, -0.2) is 4.79 Å². The maximum absolute atomic E-state index is 12.1. The van der Waals surface area contributed by atoms with Crippen LogP contribution in [0.2, 0.25) is 0 Å². The fourth-order valence-electron chi connectivity index (χ4n) is 2.97. The minimum Gasteiger partial charge on any atom is -0.493 e. The second kappa shape index (κ2) is 9.62. The van der Waals surface area contributed by atoms with Gasteiger partial charge in [0.25, 0.3) is 0 Å². The third-order valence-electron chi connectivity index (χ3n) is 4.41. The summed E-state index contributed by atoms with van der Waals surface area (Å²) in [6.45, 7) is 9.33. The van der Waals surface area contributed by atoms with Crippen molar-refractivity contribution in [1.82, 2.24) is 10.2 Å². The Morgan fingerprint density at radius 1 is 1.19 bits per heavy atom. The van der Waals surface area contributed by atoms with Gasteiger partial charge in [0.15, 0.2) is 0 Å². The summed E-state index contributed by atoms with van der Waals surface area (Å²) in [5.41, 5.74) is 0.612. The smallest absolute Gasteiger partial charge is 0.410 e. The van der Waals surface area contributed by atoms with Crippen LogP contribution in [0.25, 0.3) is 0 Å². The van der Waals surface area contributed by atoms with E-state index in [1.54, 1.807) is 4.90 Å². The number of nitrogens with zero attached hydrogens (tertiary/aromatic N) is 1. The number of rotatable bonds is 6. The van der Waals surface area contributed by atoms with Gasteiger partial charge < -0.3 is 19.7 Å². The zero-order valence-electron chi connectivity index (χ0n) is 16.9. The summed E-state index contributed by atoms with van der Waals surface area (Å²) in [6.07, 6.45) is 2.35. The molecule has 2 rings (SSSR count). The molecule has 1 N–H and O–H groups in total. The highest BCUT2D eigenvalue weighted by molar-refractivity contribution is 5.76. The van der Waals surface area contributed by atoms with Gasteiger partial charge in [-0.1, -0.05) is 18.2 Å². The van der Waals surface area contributed by atoms with Gasteiger partial charge in [0.2, 0.25) is 5.91 Å². The van der Waals surface area contributed by atoms with E-state index in [-0.39, 0.29) is 18.0 Å². The lowest BCUT2D eigenvalue weighted by molar-refractivity contribution is -0.122. The predicted molar refractivity (Wildman–Crippen MR) is 105 cm³/mol. The van der Waals surface area contributed by atoms with Crippen LogP contribution in [-0.2, 0) is 9.53 Å². The first kappa shape index (κ1) is 21.1. The van der Waals surface area contributed by atoms with Crippen molar-refractivity contribution >= 4 is 12.0 Å². The lowest BCUT2D eigenvalue weighted by Gasteiger charge is -2.33. The Hall–Kier alpha value is -2.24. The average Bonchev–Trinajstić information content (AvgIpc) is 2.59. The fraction of sp³-hybridized carbons (Fsp3) is 0.619. The Kier molecular flexibility index (Phi) is 7.51. The number of hydrogen-bond donors (Lipinski definition) is 1. The predicted octanol–water partition coefficient (Wildman–Crippen LogP) is 3.67. The number of hydrogen-bond acceptors (Lipinski definition) is 4. The highest BCUT2D eigenvalue weighted by atomic mass is 16.6. The molecule has 27 heavy (non-hydrogen) atoms. The van der Waals surface area contributed by atoms with Gasteiger partial charge >= 0.3 is 6.09 Å². The molecule has 0 aromatic heterocycles. The van der Waals surface area contributed by atoms with Crippen molar-refractivity contribution in [2.75, 3.05) is 19.7 Å². The molecule has 0 bridgehead atoms. The highest BCUT2D eigenvalue weighted by Crippen LogP contribution is 2.17. The Morgan fingerprint density at radius 2 is 1.85 bits per heavy atom. The number of likely N-dealkylation sites (tertiary alicyclic amines) is 1. The summed E-state index contributed by atoms with van der Waals surface area (Å²) in [4.78, 5) is 25.9. The monoisotopic (exact) mass is 376 g/mol. The van der Waals surface area contributed by atoms with Crippen molar-refractivity contribution in [1.29, 1.82) is 0 Å². The summed E-state index contributed by atoms with van der Waals surface area (Å²) in [7, 11) is 0. The molecule has 2 amide bonds. The summed E-state index contributed by atoms with van der Waals surface area (Å²) in [5, 5.41) is 3.06. The fourth-order valence-corrected chi connectivity index (χ4v) is 2.97. The Bertz CT molecular complexity index is 631. The minimum atomic E-state index is -0.484. The molecular formula is C21H32N2O4. The maximum atomic E-state index is 12.1. The minimum absolute atomic E-state index is 0.0408. The first-order valence-corrected chi connectivity index (χ1v) is 9.70. The molecule has 0 unspecified atom stereocenters. The lowest BCUT2D eigenvalue weighted by Crippen LogP contribution is -2.47. The van der Waals surface area contributed by atoms with E-state index in [1.165, 1.54) is 0 Å². The number of carbonyl (C=O) groups excluding carboxylic acids is 2. The Morgan fingerprint density at radius 3 is 2.48 bits per heavy atom. The number of aryl methyl sites for hydroxylation is 1. The van der Waals surface area contributed by atoms with Crippen molar-refractivity contribution in [3.63, 3.8) is 0 Å². The molecule has 1 aromatic rings. The molecule has 150 valence electrons. The molecule has 1 heterocycles. The van der Waals surface area contributed by atoms with E-state index in [0.29, 0.717) is 32.5 Å². The molecule has 6 heteroatoms. The first-order valence-electron chi connectivity index (χ1n) is 9.70. The molecule has 6 nitrogen and oxygen atoms in total. The van der Waals surface area contributed by atoms with Crippen molar-refractivity contribution in [3.8, 4) is 5.75 Å². The van der Waals surface area contributed by atoms with Gasteiger partial charge in [0.05, 0.1) is 6.61 Å². The first-order chi connectivity index (χ1) is 12.7. The SMILES string of the molecule is Cc1ccccc1OCCCC(=O)NC1CCN(C(=O)OC(C)(C)C)CC1. The standard InChI is InChI=1S/C21H32N2O4/c1-16-8-5-6-9-18(16)26-15-7-10-19(24)22-17-11-13-23(14-12-17)20(25)27-21(2,3)4/h5-6,8-9,17H,7,10-15H2,1-4H3,(H,22,24). The summed E-state index contributed by atoms with van der Waals surface area (Å²) < 4.78 is 11.1. The molecule has 1 aromatic carbocycles. The number of piperidine rings is 1. The molecule has 1 fully saturated rings. The molecule has 0 saturated carbocycles. The van der Waals surface area contributed by atoms with Gasteiger partial charge in [0, 0.05) is 25.6 Å². The van der Waals surface area contributed by atoms with E-state index in [9.17, 15) is 9.59 Å². The molecule has 1 aliphatic heterocycles. The van der Waals surface area contributed by atoms with Crippen molar-refractivity contribution < 1.29 is 19.1 Å².